The molecule has 1 aromatic rings. The van der Waals surface area contributed by atoms with Gasteiger partial charge in [0.1, 0.15) is 0 Å². The second-order valence-electron chi connectivity index (χ2n) is 6.29. The minimum Gasteiger partial charge on any atom is -0.465 e. The van der Waals surface area contributed by atoms with Gasteiger partial charge in [0.05, 0.1) is 12.6 Å². The third kappa shape index (κ3) is 4.13. The standard InChI is InChI=1S/C17H28N2O3/c1-6-18(7-2)14-10-8-13(9-11-14)15(12-20)19(16(21)22)17(3,4)5/h8-11,15,20H,6-7,12H2,1-5H3,(H,21,22)/t15-/m0/s1. The van der Waals surface area contributed by atoms with Crippen molar-refractivity contribution in [3.05, 3.63) is 29.8 Å². The fourth-order valence-electron chi connectivity index (χ4n) is 2.72. The Morgan fingerprint density at radius 2 is 1.64 bits per heavy atom. The molecule has 0 aliphatic heterocycles. The van der Waals surface area contributed by atoms with Crippen LogP contribution in [0, 0.1) is 0 Å². The summed E-state index contributed by atoms with van der Waals surface area (Å²) in [6.07, 6.45) is -1.03. The smallest absolute Gasteiger partial charge is 0.408 e. The molecular weight excluding hydrogens is 280 g/mol. The van der Waals surface area contributed by atoms with E-state index in [0.29, 0.717) is 0 Å². The van der Waals surface area contributed by atoms with Crippen LogP contribution < -0.4 is 4.90 Å². The summed E-state index contributed by atoms with van der Waals surface area (Å²) in [5.74, 6) is 0. The number of hydrogen-bond acceptors (Lipinski definition) is 3. The van der Waals surface area contributed by atoms with Crippen molar-refractivity contribution in [1.29, 1.82) is 0 Å². The number of carbonyl (C=O) groups is 1. The van der Waals surface area contributed by atoms with Crippen molar-refractivity contribution < 1.29 is 15.0 Å². The van der Waals surface area contributed by atoms with Gasteiger partial charge in [-0.1, -0.05) is 12.1 Å². The topological polar surface area (TPSA) is 64.0 Å². The van der Waals surface area contributed by atoms with E-state index in [9.17, 15) is 15.0 Å². The van der Waals surface area contributed by atoms with Crippen molar-refractivity contribution in [1.82, 2.24) is 4.90 Å². The molecule has 0 bridgehead atoms. The van der Waals surface area contributed by atoms with Crippen LogP contribution in [0.5, 0.6) is 0 Å². The molecule has 2 N–H and O–H groups in total. The molecule has 0 unspecified atom stereocenters. The van der Waals surface area contributed by atoms with Crippen LogP contribution in [0.15, 0.2) is 24.3 Å². The van der Waals surface area contributed by atoms with E-state index < -0.39 is 17.7 Å². The van der Waals surface area contributed by atoms with E-state index in [4.69, 9.17) is 0 Å². The van der Waals surface area contributed by atoms with Crippen LogP contribution in [0.1, 0.15) is 46.2 Å². The van der Waals surface area contributed by atoms with E-state index >= 15 is 0 Å². The first-order valence-corrected chi connectivity index (χ1v) is 7.74. The van der Waals surface area contributed by atoms with Crippen molar-refractivity contribution >= 4 is 11.8 Å². The van der Waals surface area contributed by atoms with Crippen molar-refractivity contribution in [3.8, 4) is 0 Å². The lowest BCUT2D eigenvalue weighted by molar-refractivity contribution is 0.0458. The first-order chi connectivity index (χ1) is 10.3. The Bertz CT molecular complexity index is 476. The van der Waals surface area contributed by atoms with Gasteiger partial charge in [0.15, 0.2) is 0 Å². The molecule has 1 amide bonds. The Morgan fingerprint density at radius 3 is 1.95 bits per heavy atom. The zero-order valence-electron chi connectivity index (χ0n) is 14.2. The number of aliphatic hydroxyl groups excluding tert-OH is 1. The van der Waals surface area contributed by atoms with Crippen LogP contribution >= 0.6 is 0 Å². The molecule has 0 aliphatic rings. The Labute approximate surface area is 133 Å². The van der Waals surface area contributed by atoms with Crippen molar-refractivity contribution in [2.24, 2.45) is 0 Å². The highest BCUT2D eigenvalue weighted by molar-refractivity contribution is 5.67. The number of rotatable bonds is 6. The molecule has 0 aliphatic carbocycles. The molecular formula is C17H28N2O3. The first kappa shape index (κ1) is 18.3. The number of benzene rings is 1. The van der Waals surface area contributed by atoms with Crippen LogP contribution in [0.3, 0.4) is 0 Å². The number of hydrogen-bond donors (Lipinski definition) is 2. The highest BCUT2D eigenvalue weighted by Crippen LogP contribution is 2.29. The van der Waals surface area contributed by atoms with Gasteiger partial charge in [-0.3, -0.25) is 4.90 Å². The fourth-order valence-corrected chi connectivity index (χ4v) is 2.72. The lowest BCUT2D eigenvalue weighted by Crippen LogP contribution is -2.48. The number of amides is 1. The van der Waals surface area contributed by atoms with E-state index in [0.717, 1.165) is 24.3 Å². The van der Waals surface area contributed by atoms with Crippen molar-refractivity contribution in [3.63, 3.8) is 0 Å². The van der Waals surface area contributed by atoms with E-state index in [1.54, 1.807) is 0 Å². The minimum atomic E-state index is -1.03. The number of anilines is 1. The molecule has 124 valence electrons. The SMILES string of the molecule is CCN(CC)c1ccc([C@H](CO)N(C(=O)O)C(C)(C)C)cc1. The summed E-state index contributed by atoms with van der Waals surface area (Å²) in [5, 5.41) is 19.2. The molecule has 5 heteroatoms. The zero-order valence-corrected chi connectivity index (χ0v) is 14.2. The maximum Gasteiger partial charge on any atom is 0.408 e. The zero-order chi connectivity index (χ0) is 16.9. The monoisotopic (exact) mass is 308 g/mol. The molecule has 0 heterocycles. The summed E-state index contributed by atoms with van der Waals surface area (Å²) < 4.78 is 0. The largest absolute Gasteiger partial charge is 0.465 e. The minimum absolute atomic E-state index is 0.242. The van der Waals surface area contributed by atoms with E-state index in [1.807, 2.05) is 45.0 Å². The third-order valence-corrected chi connectivity index (χ3v) is 3.82. The van der Waals surface area contributed by atoms with Crippen LogP contribution in [-0.4, -0.2) is 46.4 Å². The average molecular weight is 308 g/mol. The van der Waals surface area contributed by atoms with Gasteiger partial charge in [-0.05, 0) is 52.3 Å². The third-order valence-electron chi connectivity index (χ3n) is 3.82. The molecule has 1 aromatic carbocycles. The summed E-state index contributed by atoms with van der Waals surface area (Å²) in [6, 6.07) is 7.19. The van der Waals surface area contributed by atoms with Crippen LogP contribution in [0.25, 0.3) is 0 Å². The second kappa shape index (κ2) is 7.49. The molecule has 5 nitrogen and oxygen atoms in total. The normalized spacial score (nSPS) is 12.8. The molecule has 0 saturated carbocycles. The Hall–Kier alpha value is -1.75. The summed E-state index contributed by atoms with van der Waals surface area (Å²) in [6.45, 7) is 11.3. The molecule has 0 fully saturated rings. The molecule has 0 radical (unpaired) electrons. The molecule has 0 saturated heterocycles. The summed E-state index contributed by atoms with van der Waals surface area (Å²) >= 11 is 0. The molecule has 0 aromatic heterocycles. The average Bonchev–Trinajstić information content (AvgIpc) is 2.45. The lowest BCUT2D eigenvalue weighted by atomic mass is 9.98. The quantitative estimate of drug-likeness (QED) is 0.846. The predicted octanol–water partition coefficient (Wildman–Crippen LogP) is 3.34. The Balaban J connectivity index is 3.12. The van der Waals surface area contributed by atoms with Gasteiger partial charge in [0.2, 0.25) is 0 Å². The highest BCUT2D eigenvalue weighted by Gasteiger charge is 2.33. The van der Waals surface area contributed by atoms with Crippen LogP contribution in [0.2, 0.25) is 0 Å². The maximum absolute atomic E-state index is 11.6. The molecule has 22 heavy (non-hydrogen) atoms. The van der Waals surface area contributed by atoms with Gasteiger partial charge in [0, 0.05) is 24.3 Å². The van der Waals surface area contributed by atoms with E-state index in [-0.39, 0.29) is 6.61 Å². The Kier molecular flexibility index (Phi) is 6.23. The molecule has 0 spiro atoms. The molecule has 1 rings (SSSR count). The van der Waals surface area contributed by atoms with Gasteiger partial charge in [-0.25, -0.2) is 4.79 Å². The lowest BCUT2D eigenvalue weighted by Gasteiger charge is -2.39. The summed E-state index contributed by atoms with van der Waals surface area (Å²) in [5.41, 5.74) is 1.32. The summed E-state index contributed by atoms with van der Waals surface area (Å²) in [7, 11) is 0. The second-order valence-corrected chi connectivity index (χ2v) is 6.29. The van der Waals surface area contributed by atoms with Crippen molar-refractivity contribution in [2.75, 3.05) is 24.6 Å². The van der Waals surface area contributed by atoms with Gasteiger partial charge in [-0.15, -0.1) is 0 Å². The van der Waals surface area contributed by atoms with Crippen molar-refractivity contribution in [2.45, 2.75) is 46.2 Å². The Morgan fingerprint density at radius 1 is 1.14 bits per heavy atom. The number of carboxylic acid groups (broad SMARTS) is 1. The summed E-state index contributed by atoms with van der Waals surface area (Å²) in [4.78, 5) is 15.1. The van der Waals surface area contributed by atoms with Gasteiger partial charge < -0.3 is 15.1 Å². The number of nitrogens with zero attached hydrogens (tertiary/aromatic N) is 2. The van der Waals surface area contributed by atoms with Crippen LogP contribution in [-0.2, 0) is 0 Å². The van der Waals surface area contributed by atoms with E-state index in [2.05, 4.69) is 18.7 Å². The highest BCUT2D eigenvalue weighted by atomic mass is 16.4. The van der Waals surface area contributed by atoms with E-state index in [1.165, 1.54) is 4.90 Å². The van der Waals surface area contributed by atoms with Gasteiger partial charge in [-0.2, -0.15) is 0 Å². The van der Waals surface area contributed by atoms with Gasteiger partial charge in [0.25, 0.3) is 0 Å². The maximum atomic E-state index is 11.6. The molecule has 1 atom stereocenters. The first-order valence-electron chi connectivity index (χ1n) is 7.74. The van der Waals surface area contributed by atoms with Crippen LogP contribution in [0.4, 0.5) is 10.5 Å². The van der Waals surface area contributed by atoms with Gasteiger partial charge >= 0.3 is 6.09 Å². The fraction of sp³-hybridized carbons (Fsp3) is 0.588. The predicted molar refractivity (Wildman–Crippen MR) is 89.4 cm³/mol. The number of aliphatic hydroxyl groups is 1.